The highest BCUT2D eigenvalue weighted by atomic mass is 16.5. The molecular formula is C13H19N3O5. The number of esters is 1. The standard InChI is InChI=1S/C13H19N3O5/c1-16-8-9(13(19)20)11(15-16)12(18)14-7-5-3-4-6-10(17)21-2/h8H,3-7H2,1-2H3,(H,14,18)(H,19,20). The van der Waals surface area contributed by atoms with Crippen LogP contribution in [0.1, 0.15) is 46.5 Å². The molecule has 21 heavy (non-hydrogen) atoms. The van der Waals surface area contributed by atoms with E-state index in [0.29, 0.717) is 25.8 Å². The smallest absolute Gasteiger partial charge is 0.339 e. The number of ether oxygens (including phenoxy) is 1. The van der Waals surface area contributed by atoms with Crippen molar-refractivity contribution in [2.24, 2.45) is 7.05 Å². The van der Waals surface area contributed by atoms with Gasteiger partial charge in [-0.05, 0) is 12.8 Å². The van der Waals surface area contributed by atoms with E-state index in [4.69, 9.17) is 5.11 Å². The monoisotopic (exact) mass is 297 g/mol. The molecule has 0 spiro atoms. The van der Waals surface area contributed by atoms with E-state index < -0.39 is 11.9 Å². The van der Waals surface area contributed by atoms with E-state index in [-0.39, 0.29) is 17.2 Å². The Balaban J connectivity index is 2.34. The number of hydrogen-bond donors (Lipinski definition) is 2. The average Bonchev–Trinajstić information content (AvgIpc) is 2.84. The number of nitrogens with zero attached hydrogens (tertiary/aromatic N) is 2. The van der Waals surface area contributed by atoms with Crippen molar-refractivity contribution < 1.29 is 24.2 Å². The van der Waals surface area contributed by atoms with Crippen molar-refractivity contribution in [3.8, 4) is 0 Å². The molecule has 8 heteroatoms. The predicted octanol–water partition coefficient (Wildman–Crippen LogP) is 0.581. The highest BCUT2D eigenvalue weighted by Gasteiger charge is 2.20. The van der Waals surface area contributed by atoms with Crippen molar-refractivity contribution in [2.75, 3.05) is 13.7 Å². The normalized spacial score (nSPS) is 10.2. The zero-order valence-electron chi connectivity index (χ0n) is 12.1. The first-order chi connectivity index (χ1) is 9.95. The Kier molecular flexibility index (Phi) is 6.38. The molecule has 1 amide bonds. The second-order valence-electron chi connectivity index (χ2n) is 4.51. The first-order valence-corrected chi connectivity index (χ1v) is 6.57. The number of carboxylic acids is 1. The van der Waals surface area contributed by atoms with Crippen molar-refractivity contribution in [1.29, 1.82) is 0 Å². The Labute approximate surface area is 122 Å². The summed E-state index contributed by atoms with van der Waals surface area (Å²) in [4.78, 5) is 33.7. The van der Waals surface area contributed by atoms with Crippen LogP contribution in [0.5, 0.6) is 0 Å². The van der Waals surface area contributed by atoms with Crippen molar-refractivity contribution in [2.45, 2.75) is 25.7 Å². The van der Waals surface area contributed by atoms with Crippen LogP contribution in [-0.4, -0.2) is 46.4 Å². The number of carbonyl (C=O) groups excluding carboxylic acids is 2. The van der Waals surface area contributed by atoms with E-state index in [1.807, 2.05) is 0 Å². The van der Waals surface area contributed by atoms with Gasteiger partial charge in [-0.15, -0.1) is 0 Å². The zero-order chi connectivity index (χ0) is 15.8. The summed E-state index contributed by atoms with van der Waals surface area (Å²) in [5, 5.41) is 15.4. The van der Waals surface area contributed by atoms with Gasteiger partial charge in [0, 0.05) is 26.2 Å². The van der Waals surface area contributed by atoms with E-state index in [9.17, 15) is 14.4 Å². The number of aryl methyl sites for hydroxylation is 1. The molecule has 1 heterocycles. The lowest BCUT2D eigenvalue weighted by Crippen LogP contribution is -2.26. The van der Waals surface area contributed by atoms with Gasteiger partial charge in [-0.3, -0.25) is 14.3 Å². The lowest BCUT2D eigenvalue weighted by molar-refractivity contribution is -0.140. The van der Waals surface area contributed by atoms with Crippen molar-refractivity contribution in [1.82, 2.24) is 15.1 Å². The predicted molar refractivity (Wildman–Crippen MR) is 73.0 cm³/mol. The summed E-state index contributed by atoms with van der Waals surface area (Å²) in [5.74, 6) is -1.95. The van der Waals surface area contributed by atoms with Gasteiger partial charge in [0.1, 0.15) is 5.56 Å². The van der Waals surface area contributed by atoms with Crippen molar-refractivity contribution >= 4 is 17.8 Å². The molecule has 0 unspecified atom stereocenters. The number of nitrogens with one attached hydrogen (secondary N) is 1. The van der Waals surface area contributed by atoms with Crippen LogP contribution in [0.2, 0.25) is 0 Å². The third-order valence-electron chi connectivity index (χ3n) is 2.85. The molecule has 0 bridgehead atoms. The fourth-order valence-corrected chi connectivity index (χ4v) is 1.77. The van der Waals surface area contributed by atoms with Crippen LogP contribution >= 0.6 is 0 Å². The number of rotatable bonds is 8. The Hall–Kier alpha value is -2.38. The third-order valence-corrected chi connectivity index (χ3v) is 2.85. The van der Waals surface area contributed by atoms with Gasteiger partial charge in [-0.25, -0.2) is 4.79 Å². The Morgan fingerprint density at radius 3 is 2.67 bits per heavy atom. The molecule has 1 aromatic rings. The summed E-state index contributed by atoms with van der Waals surface area (Å²) in [6.07, 6.45) is 3.79. The highest BCUT2D eigenvalue weighted by molar-refractivity contribution is 6.03. The minimum absolute atomic E-state index is 0.0976. The third kappa shape index (κ3) is 5.25. The minimum Gasteiger partial charge on any atom is -0.478 e. The maximum Gasteiger partial charge on any atom is 0.339 e. The van der Waals surface area contributed by atoms with Crippen LogP contribution in [0, 0.1) is 0 Å². The van der Waals surface area contributed by atoms with E-state index in [1.165, 1.54) is 18.0 Å². The van der Waals surface area contributed by atoms with Crippen LogP contribution < -0.4 is 5.32 Å². The van der Waals surface area contributed by atoms with Gasteiger partial charge >= 0.3 is 11.9 Å². The van der Waals surface area contributed by atoms with Gasteiger partial charge in [0.15, 0.2) is 5.69 Å². The van der Waals surface area contributed by atoms with Gasteiger partial charge in [-0.1, -0.05) is 6.42 Å². The van der Waals surface area contributed by atoms with Gasteiger partial charge in [0.25, 0.3) is 5.91 Å². The number of amides is 1. The second kappa shape index (κ2) is 8.03. The molecule has 1 aromatic heterocycles. The molecule has 0 aliphatic carbocycles. The number of aromatic nitrogens is 2. The maximum absolute atomic E-state index is 11.8. The molecule has 2 N–H and O–H groups in total. The highest BCUT2D eigenvalue weighted by Crippen LogP contribution is 2.06. The molecule has 0 radical (unpaired) electrons. The van der Waals surface area contributed by atoms with Crippen LogP contribution in [-0.2, 0) is 16.6 Å². The molecule has 0 aliphatic heterocycles. The summed E-state index contributed by atoms with van der Waals surface area (Å²) in [7, 11) is 2.89. The number of carbonyl (C=O) groups is 3. The summed E-state index contributed by atoms with van der Waals surface area (Å²) in [6, 6.07) is 0. The SMILES string of the molecule is COC(=O)CCCCCNC(=O)c1nn(C)cc1C(=O)O. The molecule has 0 fully saturated rings. The van der Waals surface area contributed by atoms with E-state index in [2.05, 4.69) is 15.2 Å². The maximum atomic E-state index is 11.8. The van der Waals surface area contributed by atoms with E-state index >= 15 is 0 Å². The van der Waals surface area contributed by atoms with Crippen LogP contribution in [0.25, 0.3) is 0 Å². The van der Waals surface area contributed by atoms with Crippen LogP contribution in [0.4, 0.5) is 0 Å². The summed E-state index contributed by atoms with van der Waals surface area (Å²) >= 11 is 0. The number of unbranched alkanes of at least 4 members (excludes halogenated alkanes) is 2. The largest absolute Gasteiger partial charge is 0.478 e. The molecule has 0 aliphatic rings. The van der Waals surface area contributed by atoms with E-state index in [0.717, 1.165) is 6.42 Å². The quantitative estimate of drug-likeness (QED) is 0.536. The van der Waals surface area contributed by atoms with Gasteiger partial charge in [-0.2, -0.15) is 5.10 Å². The fraction of sp³-hybridized carbons (Fsp3) is 0.538. The van der Waals surface area contributed by atoms with Gasteiger partial charge in [0.2, 0.25) is 0 Å². The van der Waals surface area contributed by atoms with Crippen molar-refractivity contribution in [3.05, 3.63) is 17.5 Å². The lowest BCUT2D eigenvalue weighted by atomic mass is 10.2. The second-order valence-corrected chi connectivity index (χ2v) is 4.51. The summed E-state index contributed by atoms with van der Waals surface area (Å²) in [5.41, 5.74) is -0.222. The Morgan fingerprint density at radius 1 is 1.33 bits per heavy atom. The van der Waals surface area contributed by atoms with Crippen molar-refractivity contribution in [3.63, 3.8) is 0 Å². The summed E-state index contributed by atoms with van der Waals surface area (Å²) in [6.45, 7) is 0.398. The van der Waals surface area contributed by atoms with Gasteiger partial charge < -0.3 is 15.2 Å². The fourth-order valence-electron chi connectivity index (χ4n) is 1.77. The summed E-state index contributed by atoms with van der Waals surface area (Å²) < 4.78 is 5.80. The number of carboxylic acid groups (broad SMARTS) is 1. The topological polar surface area (TPSA) is 111 Å². The van der Waals surface area contributed by atoms with Crippen LogP contribution in [0.15, 0.2) is 6.20 Å². The molecular weight excluding hydrogens is 278 g/mol. The average molecular weight is 297 g/mol. The molecule has 0 aromatic carbocycles. The Bertz CT molecular complexity index is 524. The molecule has 116 valence electrons. The molecule has 0 atom stereocenters. The molecule has 8 nitrogen and oxygen atoms in total. The molecule has 0 saturated heterocycles. The van der Waals surface area contributed by atoms with Crippen LogP contribution in [0.3, 0.4) is 0 Å². The Morgan fingerprint density at radius 2 is 2.05 bits per heavy atom. The molecule has 1 rings (SSSR count). The number of methoxy groups -OCH3 is 1. The van der Waals surface area contributed by atoms with E-state index in [1.54, 1.807) is 7.05 Å². The number of aromatic carboxylic acids is 1. The first-order valence-electron chi connectivity index (χ1n) is 6.57. The zero-order valence-corrected chi connectivity index (χ0v) is 12.1. The number of hydrogen-bond acceptors (Lipinski definition) is 5. The van der Waals surface area contributed by atoms with Gasteiger partial charge in [0.05, 0.1) is 7.11 Å². The first kappa shape index (κ1) is 16.7. The molecule has 0 saturated carbocycles. The minimum atomic E-state index is -1.19. The lowest BCUT2D eigenvalue weighted by Gasteiger charge is -2.04.